The van der Waals surface area contributed by atoms with Crippen LogP contribution in [0.1, 0.15) is 122 Å². The Hall–Kier alpha value is -9.08. The first-order valence-corrected chi connectivity index (χ1v) is 34.9. The van der Waals surface area contributed by atoms with E-state index in [4.69, 9.17) is 19.0 Å². The van der Waals surface area contributed by atoms with Gasteiger partial charge < -0.3 is 54.5 Å². The molecular formula is C67H81N13O14S. The van der Waals surface area contributed by atoms with Crippen LogP contribution in [0.4, 0.5) is 4.79 Å². The molecule has 3 aliphatic carbocycles. The maximum absolute atomic E-state index is 13.0. The number of primary amides is 1. The Morgan fingerprint density at radius 1 is 0.684 bits per heavy atom. The first kappa shape index (κ1) is 66.0. The number of urea groups is 1. The second-order valence-corrected chi connectivity index (χ2v) is 29.1. The highest BCUT2D eigenvalue weighted by Gasteiger charge is 2.56. The number of amides is 10. The van der Waals surface area contributed by atoms with E-state index >= 15 is 0 Å². The molecule has 0 bridgehead atoms. The van der Waals surface area contributed by atoms with Gasteiger partial charge in [-0.3, -0.25) is 63.6 Å². The second-order valence-electron chi connectivity index (χ2n) is 26.9. The fourth-order valence-electron chi connectivity index (χ4n) is 14.6. The maximum atomic E-state index is 13.0. The Labute approximate surface area is 548 Å². The van der Waals surface area contributed by atoms with Crippen LogP contribution in [0, 0.1) is 46.3 Å². The number of imide groups is 1. The van der Waals surface area contributed by atoms with Gasteiger partial charge in [-0.05, 0) is 154 Å². The summed E-state index contributed by atoms with van der Waals surface area (Å²) in [5.74, 6) is 1.07. The highest BCUT2D eigenvalue weighted by molar-refractivity contribution is 7.91. The Kier molecular flexibility index (Phi) is 19.5. The smallest absolute Gasteiger partial charge is 0.314 e. The van der Waals surface area contributed by atoms with Gasteiger partial charge in [-0.25, -0.2) is 13.2 Å². The molecule has 6 N–H and O–H groups in total. The minimum atomic E-state index is -2.94. The van der Waals surface area contributed by atoms with Gasteiger partial charge in [0.25, 0.3) is 29.5 Å². The van der Waals surface area contributed by atoms with E-state index in [1.165, 1.54) is 0 Å². The van der Waals surface area contributed by atoms with E-state index in [-0.39, 0.29) is 81.8 Å². The third-order valence-electron chi connectivity index (χ3n) is 20.8. The summed E-state index contributed by atoms with van der Waals surface area (Å²) < 4.78 is 39.9. The van der Waals surface area contributed by atoms with Crippen molar-refractivity contribution in [1.29, 1.82) is 0 Å². The number of aromatic nitrogens is 3. The summed E-state index contributed by atoms with van der Waals surface area (Å²) in [6.45, 7) is 8.80. The normalized spacial score (nSPS) is 24.2. The summed E-state index contributed by atoms with van der Waals surface area (Å²) in [6, 6.07) is 9.30. The molecule has 7 atom stereocenters. The lowest BCUT2D eigenvalue weighted by Crippen LogP contribution is -2.50. The molecule has 28 heteroatoms. The van der Waals surface area contributed by atoms with Crippen molar-refractivity contribution in [2.75, 3.05) is 83.5 Å². The molecular weight excluding hydrogens is 1240 g/mol. The van der Waals surface area contributed by atoms with E-state index in [9.17, 15) is 51.6 Å². The molecule has 10 amide bonds. The number of fused-ring (bicyclic) bond motifs is 3. The third-order valence-corrected chi connectivity index (χ3v) is 22.7. The van der Waals surface area contributed by atoms with Crippen LogP contribution in [0.15, 0.2) is 91.8 Å². The van der Waals surface area contributed by atoms with Crippen LogP contribution in [0.2, 0.25) is 0 Å². The van der Waals surface area contributed by atoms with E-state index in [0.29, 0.717) is 111 Å². The molecule has 7 fully saturated rings. The molecule has 4 saturated heterocycles. The summed E-state index contributed by atoms with van der Waals surface area (Å²) in [6.07, 6.45) is 21.1. The minimum Gasteiger partial charge on any atom is -0.449 e. The molecule has 95 heavy (non-hydrogen) atoms. The molecule has 2 spiro atoms. The van der Waals surface area contributed by atoms with Crippen LogP contribution < -0.4 is 27.0 Å². The maximum Gasteiger partial charge on any atom is 0.314 e. The number of nitrogens with two attached hydrogens (primary N) is 1. The Morgan fingerprint density at radius 3 is 1.69 bits per heavy atom. The van der Waals surface area contributed by atoms with E-state index in [0.717, 1.165) is 113 Å². The van der Waals surface area contributed by atoms with Gasteiger partial charge in [0.2, 0.25) is 17.7 Å². The zero-order valence-electron chi connectivity index (χ0n) is 53.2. The molecule has 3 saturated carbocycles. The topological polar surface area (TPSA) is 365 Å². The number of furan rings is 3. The van der Waals surface area contributed by atoms with Crippen molar-refractivity contribution in [3.8, 4) is 0 Å². The number of hydrogen-bond acceptors (Lipinski definition) is 18. The van der Waals surface area contributed by atoms with Crippen LogP contribution >= 0.6 is 0 Å². The summed E-state index contributed by atoms with van der Waals surface area (Å²) >= 11 is 0. The number of sulfone groups is 1. The van der Waals surface area contributed by atoms with Crippen molar-refractivity contribution >= 4 is 102 Å². The summed E-state index contributed by atoms with van der Waals surface area (Å²) in [5, 5.41) is 13.6. The van der Waals surface area contributed by atoms with Crippen molar-refractivity contribution in [3.63, 3.8) is 0 Å². The number of rotatable bonds is 18. The standard InChI is InChI=1S/C23H29N5O4.C22H25N5O5.C22H27N3O5S/c24-22(31)28-7-1-2-16(14-28)21(30)27-8-4-23(5-9-27)11-17(23)12-26-20(29)18-10-15-3-6-25-13-19(15)32-18;1-2-27(20(29)9-16-21(30)26-19(28)12-24-16)6-4-13-7-15(13)10-25-22(31)17-8-14-3-5-23-11-18(14)32-17;26-20(9-15-2-8-31(28,29)14-15)25-6-3-22(4-7-25)11-17(22)12-24-21(27)18-10-16-1-5-23-13-19(16)30-18/h3,6,10,13,16-17H,1-2,4-5,7-9,11-12,14H2,(H2,24,31)(H,26,29);3,5,8,11-13,15-16H,2,4,6-7,9-10H2,1H3,(H,25,31)(H,26,28,30);1,5,10,13,15,17H,2-4,6-9,11-12,14H2,(H,24,27). The van der Waals surface area contributed by atoms with Crippen molar-refractivity contribution in [2.24, 2.45) is 57.1 Å². The number of carbonyl (C=O) groups excluding carboxylic acids is 9. The monoisotopic (exact) mass is 1320 g/mol. The molecule has 5 aliphatic heterocycles. The number of piperidine rings is 3. The van der Waals surface area contributed by atoms with E-state index < -0.39 is 33.7 Å². The average Bonchev–Trinajstić information content (AvgIpc) is 1.60. The molecule has 0 radical (unpaired) electrons. The fourth-order valence-corrected chi connectivity index (χ4v) is 16.5. The number of hydrogen-bond donors (Lipinski definition) is 5. The summed E-state index contributed by atoms with van der Waals surface area (Å²) in [7, 11) is -2.94. The molecule has 6 aromatic rings. The van der Waals surface area contributed by atoms with Gasteiger partial charge in [-0.1, -0.05) is 0 Å². The number of pyridine rings is 3. The van der Waals surface area contributed by atoms with Crippen molar-refractivity contribution in [2.45, 2.75) is 96.4 Å². The minimum absolute atomic E-state index is 0.0219. The Balaban J connectivity index is 0.000000136. The Bertz CT molecular complexity index is 3950. The highest BCUT2D eigenvalue weighted by Crippen LogP contribution is 2.60. The van der Waals surface area contributed by atoms with Crippen LogP contribution in [0.5, 0.6) is 0 Å². The molecule has 27 nitrogen and oxygen atoms in total. The number of nitrogens with zero attached hydrogens (tertiary/aromatic N) is 8. The predicted octanol–water partition coefficient (Wildman–Crippen LogP) is 4.91. The lowest BCUT2D eigenvalue weighted by molar-refractivity contribution is -0.138. The molecule has 504 valence electrons. The number of nitrogens with one attached hydrogen (secondary N) is 4. The molecule has 8 aliphatic rings. The van der Waals surface area contributed by atoms with Gasteiger partial charge in [-0.15, -0.1) is 0 Å². The number of likely N-dealkylation sites (tertiary alicyclic amines) is 3. The predicted molar refractivity (Wildman–Crippen MR) is 346 cm³/mol. The quantitative estimate of drug-likeness (QED) is 0.0714. The second kappa shape index (κ2) is 28.1. The Morgan fingerprint density at radius 2 is 1.21 bits per heavy atom. The number of carbonyl (C=O) groups is 9. The zero-order chi connectivity index (χ0) is 66.6. The van der Waals surface area contributed by atoms with E-state index in [2.05, 4.69) is 41.2 Å². The van der Waals surface area contributed by atoms with Gasteiger partial charge >= 0.3 is 6.03 Å². The first-order chi connectivity index (χ1) is 45.7. The van der Waals surface area contributed by atoms with E-state index in [1.807, 2.05) is 28.9 Å². The summed E-state index contributed by atoms with van der Waals surface area (Å²) in [4.78, 5) is 133. The van der Waals surface area contributed by atoms with Crippen molar-refractivity contribution < 1.29 is 64.8 Å². The lowest BCUT2D eigenvalue weighted by atomic mass is 9.89. The SMILES string of the molecule is CCN(CCC1CC1CNC(=O)c1cc2ccncc2o1)C(=O)CC1N=CC(=O)NC1=O.NC(=O)N1CCCC(C(=O)N2CCC3(CC2)CC3CNC(=O)c2cc3ccncc3o2)C1.O=C(NCC1CC12CCN(C(=O)CC1CCS(=O)(=O)C1)CC2)c1cc2ccncc2o1. The fraction of sp³-hybridized carbons (Fsp3) is 0.537. The molecule has 14 rings (SSSR count). The van der Waals surface area contributed by atoms with Gasteiger partial charge in [0.05, 0.1) is 48.6 Å². The largest absolute Gasteiger partial charge is 0.449 e. The zero-order valence-corrected chi connectivity index (χ0v) is 54.0. The van der Waals surface area contributed by atoms with Crippen molar-refractivity contribution in [3.05, 3.63) is 90.9 Å². The first-order valence-electron chi connectivity index (χ1n) is 33.1. The number of aliphatic imine (C=N–C) groups is 1. The molecule has 6 aromatic heterocycles. The summed E-state index contributed by atoms with van der Waals surface area (Å²) in [5.41, 5.74) is 7.63. The van der Waals surface area contributed by atoms with Crippen molar-refractivity contribution in [1.82, 2.24) is 55.8 Å². The van der Waals surface area contributed by atoms with Gasteiger partial charge in [0.15, 0.2) is 43.9 Å². The molecule has 11 heterocycles. The lowest BCUT2D eigenvalue weighted by Gasteiger charge is -2.38. The molecule has 7 unspecified atom stereocenters. The van der Waals surface area contributed by atoms with Gasteiger partial charge in [-0.2, -0.15) is 0 Å². The third kappa shape index (κ3) is 15.9. The van der Waals surface area contributed by atoms with E-state index in [1.54, 1.807) is 71.2 Å². The van der Waals surface area contributed by atoms with Gasteiger partial charge in [0.1, 0.15) is 6.04 Å². The van der Waals surface area contributed by atoms with Crippen LogP contribution in [-0.2, 0) is 33.8 Å². The van der Waals surface area contributed by atoms with Crippen LogP contribution in [0.3, 0.4) is 0 Å². The van der Waals surface area contributed by atoms with Gasteiger partial charge in [0, 0.05) is 113 Å². The molecule has 0 aromatic carbocycles. The average molecular weight is 1320 g/mol. The van der Waals surface area contributed by atoms with Crippen LogP contribution in [-0.4, -0.2) is 192 Å². The van der Waals surface area contributed by atoms with Crippen LogP contribution in [0.25, 0.3) is 32.9 Å². The highest BCUT2D eigenvalue weighted by atomic mass is 32.2.